The molecule has 0 amide bonds. The van der Waals surface area contributed by atoms with Gasteiger partial charge in [-0.15, -0.1) is 0 Å². The lowest BCUT2D eigenvalue weighted by Gasteiger charge is -2.32. The van der Waals surface area contributed by atoms with Gasteiger partial charge in [0.05, 0.1) is 5.52 Å². The van der Waals surface area contributed by atoms with E-state index in [1.807, 2.05) is 12.1 Å². The van der Waals surface area contributed by atoms with Crippen LogP contribution in [0.5, 0.6) is 0 Å². The Morgan fingerprint density at radius 2 is 2.39 bits per heavy atom. The fourth-order valence-electron chi connectivity index (χ4n) is 3.24. The summed E-state index contributed by atoms with van der Waals surface area (Å²) in [4.78, 5) is 10.2. The third-order valence-corrected chi connectivity index (χ3v) is 4.59. The number of benzene rings is 1. The van der Waals surface area contributed by atoms with E-state index in [-0.39, 0.29) is 5.84 Å². The molecule has 5 N–H and O–H groups in total. The minimum Gasteiger partial charge on any atom is -0.409 e. The number of hydrogen-bond acceptors (Lipinski definition) is 5. The van der Waals surface area contributed by atoms with Crippen LogP contribution in [0.3, 0.4) is 0 Å². The molecule has 1 unspecified atom stereocenters. The Morgan fingerprint density at radius 3 is 3.17 bits per heavy atom. The van der Waals surface area contributed by atoms with Crippen LogP contribution in [0, 0.1) is 0 Å². The molecule has 7 nitrogen and oxygen atoms in total. The van der Waals surface area contributed by atoms with Gasteiger partial charge in [-0.1, -0.05) is 17.6 Å². The maximum absolute atomic E-state index is 8.87. The van der Waals surface area contributed by atoms with E-state index in [9.17, 15) is 0 Å². The number of nitrogens with zero attached hydrogens (tertiary/aromatic N) is 3. The zero-order valence-corrected chi connectivity index (χ0v) is 13.4. The first-order valence-electron chi connectivity index (χ1n) is 8.10. The average molecular weight is 316 g/mol. The Kier molecular flexibility index (Phi) is 4.66. The van der Waals surface area contributed by atoms with Crippen LogP contribution in [0.1, 0.15) is 31.2 Å². The van der Waals surface area contributed by atoms with Crippen molar-refractivity contribution in [3.05, 3.63) is 23.8 Å². The van der Waals surface area contributed by atoms with Crippen molar-refractivity contribution in [3.8, 4) is 0 Å². The van der Waals surface area contributed by atoms with Crippen LogP contribution < -0.4 is 11.1 Å². The molecule has 0 saturated carbocycles. The Bertz CT molecular complexity index is 695. The number of aromatic amines is 1. The first kappa shape index (κ1) is 15.6. The molecule has 124 valence electrons. The van der Waals surface area contributed by atoms with Crippen LogP contribution >= 0.6 is 0 Å². The zero-order valence-electron chi connectivity index (χ0n) is 13.4. The predicted molar refractivity (Wildman–Crippen MR) is 92.0 cm³/mol. The van der Waals surface area contributed by atoms with Crippen LogP contribution in [0.15, 0.2) is 23.4 Å². The minimum absolute atomic E-state index is 0.0671. The Morgan fingerprint density at radius 1 is 1.52 bits per heavy atom. The third kappa shape index (κ3) is 3.39. The molecule has 0 radical (unpaired) electrons. The van der Waals surface area contributed by atoms with Crippen molar-refractivity contribution >= 4 is 22.8 Å². The minimum atomic E-state index is 0.0671. The molecule has 1 atom stereocenters. The molecule has 1 aliphatic rings. The summed E-state index contributed by atoms with van der Waals surface area (Å²) in [6.07, 6.45) is 5.00. The molecule has 1 fully saturated rings. The quantitative estimate of drug-likeness (QED) is 0.292. The van der Waals surface area contributed by atoms with Crippen LogP contribution in [-0.4, -0.2) is 52.1 Å². The maximum Gasteiger partial charge on any atom is 0.201 e. The van der Waals surface area contributed by atoms with E-state index in [2.05, 4.69) is 32.4 Å². The topological polar surface area (TPSA) is 103 Å². The number of aromatic nitrogens is 2. The van der Waals surface area contributed by atoms with Gasteiger partial charge in [-0.2, -0.15) is 0 Å². The molecular formula is C16H24N6O. The summed E-state index contributed by atoms with van der Waals surface area (Å²) in [5, 5.41) is 15.3. The SMILES string of the molecule is CN1CCCCC1CCNc1nc2c(C(N)=NO)cccc2[nH]1. The van der Waals surface area contributed by atoms with Crippen molar-refractivity contribution in [2.45, 2.75) is 31.7 Å². The molecule has 2 aromatic rings. The Labute approximate surface area is 135 Å². The molecular weight excluding hydrogens is 292 g/mol. The van der Waals surface area contributed by atoms with Crippen molar-refractivity contribution in [3.63, 3.8) is 0 Å². The van der Waals surface area contributed by atoms with Gasteiger partial charge in [-0.25, -0.2) is 4.98 Å². The molecule has 1 aromatic carbocycles. The first-order valence-corrected chi connectivity index (χ1v) is 8.10. The van der Waals surface area contributed by atoms with E-state index in [0.29, 0.717) is 17.1 Å². The number of nitrogens with two attached hydrogens (primary N) is 1. The maximum atomic E-state index is 8.87. The number of H-pyrrole nitrogens is 1. The number of fused-ring (bicyclic) bond motifs is 1. The number of nitrogens with one attached hydrogen (secondary N) is 2. The van der Waals surface area contributed by atoms with Gasteiger partial charge in [0.15, 0.2) is 5.84 Å². The van der Waals surface area contributed by atoms with Gasteiger partial charge in [-0.05, 0) is 45.0 Å². The van der Waals surface area contributed by atoms with E-state index >= 15 is 0 Å². The van der Waals surface area contributed by atoms with Crippen molar-refractivity contribution in [1.29, 1.82) is 0 Å². The monoisotopic (exact) mass is 316 g/mol. The number of imidazole rings is 1. The molecule has 7 heteroatoms. The van der Waals surface area contributed by atoms with Crippen molar-refractivity contribution < 1.29 is 5.21 Å². The Balaban J connectivity index is 1.67. The lowest BCUT2D eigenvalue weighted by atomic mass is 10.0. The summed E-state index contributed by atoms with van der Waals surface area (Å²) in [5.41, 5.74) is 7.90. The van der Waals surface area contributed by atoms with Gasteiger partial charge in [-0.3, -0.25) is 0 Å². The summed E-state index contributed by atoms with van der Waals surface area (Å²) in [6, 6.07) is 6.22. The van der Waals surface area contributed by atoms with E-state index in [0.717, 1.165) is 24.4 Å². The van der Waals surface area contributed by atoms with Crippen LogP contribution in [0.4, 0.5) is 5.95 Å². The summed E-state index contributed by atoms with van der Waals surface area (Å²) in [7, 11) is 2.20. The lowest BCUT2D eigenvalue weighted by Crippen LogP contribution is -2.37. The number of piperidine rings is 1. The predicted octanol–water partition coefficient (Wildman–Crippen LogP) is 1.94. The van der Waals surface area contributed by atoms with Crippen molar-refractivity contribution in [2.24, 2.45) is 10.9 Å². The van der Waals surface area contributed by atoms with Crippen LogP contribution in [0.2, 0.25) is 0 Å². The van der Waals surface area contributed by atoms with E-state index in [1.54, 1.807) is 6.07 Å². The lowest BCUT2D eigenvalue weighted by molar-refractivity contribution is 0.179. The number of oxime groups is 1. The number of anilines is 1. The van der Waals surface area contributed by atoms with Gasteiger partial charge >= 0.3 is 0 Å². The second-order valence-electron chi connectivity index (χ2n) is 6.12. The smallest absolute Gasteiger partial charge is 0.201 e. The molecule has 1 aromatic heterocycles. The molecule has 1 saturated heterocycles. The second kappa shape index (κ2) is 6.87. The highest BCUT2D eigenvalue weighted by Gasteiger charge is 2.18. The second-order valence-corrected chi connectivity index (χ2v) is 6.12. The van der Waals surface area contributed by atoms with Crippen LogP contribution in [0.25, 0.3) is 11.0 Å². The number of hydrogen-bond donors (Lipinski definition) is 4. The largest absolute Gasteiger partial charge is 0.409 e. The molecule has 2 heterocycles. The van der Waals surface area contributed by atoms with Gasteiger partial charge < -0.3 is 26.1 Å². The van der Waals surface area contributed by atoms with E-state index < -0.39 is 0 Å². The molecule has 3 rings (SSSR count). The number of rotatable bonds is 5. The van der Waals surface area contributed by atoms with Gasteiger partial charge in [0.25, 0.3) is 0 Å². The summed E-state index contributed by atoms with van der Waals surface area (Å²) in [5.74, 6) is 0.786. The van der Waals surface area contributed by atoms with Gasteiger partial charge in [0.2, 0.25) is 5.95 Å². The summed E-state index contributed by atoms with van der Waals surface area (Å²) < 4.78 is 0. The zero-order chi connectivity index (χ0) is 16.2. The van der Waals surface area contributed by atoms with E-state index in [1.165, 1.54) is 25.8 Å². The molecule has 23 heavy (non-hydrogen) atoms. The molecule has 1 aliphatic heterocycles. The fraction of sp³-hybridized carbons (Fsp3) is 0.500. The standard InChI is InChI=1S/C16H24N6O/c1-22-10-3-2-5-11(22)8-9-18-16-19-13-7-4-6-12(14(13)20-16)15(17)21-23/h4,6-7,11,23H,2-3,5,8-10H2,1H3,(H2,17,21)(H2,18,19,20). The molecule has 0 aliphatic carbocycles. The third-order valence-electron chi connectivity index (χ3n) is 4.59. The highest BCUT2D eigenvalue weighted by atomic mass is 16.4. The Hall–Kier alpha value is -2.28. The van der Waals surface area contributed by atoms with E-state index in [4.69, 9.17) is 10.9 Å². The number of likely N-dealkylation sites (tertiary alicyclic amines) is 1. The molecule has 0 spiro atoms. The number of amidine groups is 1. The highest BCUT2D eigenvalue weighted by molar-refractivity contribution is 6.07. The fourth-order valence-corrected chi connectivity index (χ4v) is 3.24. The summed E-state index contributed by atoms with van der Waals surface area (Å²) >= 11 is 0. The average Bonchev–Trinajstić information content (AvgIpc) is 2.98. The first-order chi connectivity index (χ1) is 11.2. The van der Waals surface area contributed by atoms with Crippen molar-refractivity contribution in [2.75, 3.05) is 25.5 Å². The normalized spacial score (nSPS) is 20.0. The molecule has 0 bridgehead atoms. The van der Waals surface area contributed by atoms with Gasteiger partial charge in [0, 0.05) is 18.2 Å². The highest BCUT2D eigenvalue weighted by Crippen LogP contribution is 2.20. The van der Waals surface area contributed by atoms with Crippen LogP contribution in [-0.2, 0) is 0 Å². The number of para-hydroxylation sites is 1. The van der Waals surface area contributed by atoms with Crippen molar-refractivity contribution in [1.82, 2.24) is 14.9 Å². The summed E-state index contributed by atoms with van der Waals surface area (Å²) in [6.45, 7) is 2.06. The van der Waals surface area contributed by atoms with Gasteiger partial charge in [0.1, 0.15) is 5.52 Å².